The number of benzene rings is 1. The Morgan fingerprint density at radius 1 is 1.14 bits per heavy atom. The van der Waals surface area contributed by atoms with Crippen molar-refractivity contribution in [2.24, 2.45) is 0 Å². The van der Waals surface area contributed by atoms with Crippen LogP contribution >= 0.6 is 31.9 Å². The van der Waals surface area contributed by atoms with E-state index in [1.807, 2.05) is 19.1 Å². The Balaban J connectivity index is 2.57. The number of rotatable bonds is 4. The molecule has 0 spiro atoms. The molecule has 0 heterocycles. The molecule has 1 amide bonds. The van der Waals surface area contributed by atoms with Gasteiger partial charge in [-0.15, -0.1) is 0 Å². The van der Waals surface area contributed by atoms with Gasteiger partial charge in [-0.2, -0.15) is 0 Å². The van der Waals surface area contributed by atoms with Crippen LogP contribution < -0.4 is 5.32 Å². The van der Waals surface area contributed by atoms with Gasteiger partial charge in [0.25, 0.3) is 0 Å². The summed E-state index contributed by atoms with van der Waals surface area (Å²) in [4.78, 5) is 23.5. The molecular formula is C15H19Br2NO3. The molecule has 0 unspecified atom stereocenters. The van der Waals surface area contributed by atoms with E-state index in [9.17, 15) is 9.59 Å². The Kier molecular flexibility index (Phi) is 6.41. The standard InChI is InChI=1S/C15H19Br2NO3/c1-9-7-10(16)14(11(17)8-9)18-12(19)5-6-13(20)21-15(2,3)4/h7-8H,5-6H2,1-4H3,(H,18,19). The van der Waals surface area contributed by atoms with Gasteiger partial charge in [0.2, 0.25) is 5.91 Å². The molecule has 0 saturated heterocycles. The van der Waals surface area contributed by atoms with E-state index in [2.05, 4.69) is 37.2 Å². The Bertz CT molecular complexity index is 527. The van der Waals surface area contributed by atoms with Crippen LogP contribution in [0.2, 0.25) is 0 Å². The monoisotopic (exact) mass is 419 g/mol. The molecule has 0 saturated carbocycles. The number of carbonyl (C=O) groups is 2. The topological polar surface area (TPSA) is 55.4 Å². The summed E-state index contributed by atoms with van der Waals surface area (Å²) < 4.78 is 6.75. The fourth-order valence-corrected chi connectivity index (χ4v) is 3.24. The molecule has 1 aromatic rings. The van der Waals surface area contributed by atoms with Gasteiger partial charge in [-0.05, 0) is 77.3 Å². The van der Waals surface area contributed by atoms with Crippen molar-refractivity contribution < 1.29 is 14.3 Å². The zero-order chi connectivity index (χ0) is 16.2. The van der Waals surface area contributed by atoms with Crippen LogP contribution in [-0.4, -0.2) is 17.5 Å². The molecule has 0 aliphatic rings. The van der Waals surface area contributed by atoms with Gasteiger partial charge in [-0.1, -0.05) is 0 Å². The Labute approximate surface area is 141 Å². The zero-order valence-corrected chi connectivity index (χ0v) is 15.7. The molecule has 0 aliphatic heterocycles. The second-order valence-electron chi connectivity index (χ2n) is 5.74. The predicted octanol–water partition coefficient (Wildman–Crippen LogP) is 4.58. The van der Waals surface area contributed by atoms with E-state index in [-0.39, 0.29) is 24.7 Å². The van der Waals surface area contributed by atoms with E-state index >= 15 is 0 Å². The van der Waals surface area contributed by atoms with E-state index in [0.29, 0.717) is 5.69 Å². The number of esters is 1. The van der Waals surface area contributed by atoms with Crippen molar-refractivity contribution in [1.29, 1.82) is 0 Å². The van der Waals surface area contributed by atoms with Crippen LogP contribution in [0.4, 0.5) is 5.69 Å². The number of nitrogens with one attached hydrogen (secondary N) is 1. The maximum atomic E-state index is 11.9. The Morgan fingerprint density at radius 2 is 1.67 bits per heavy atom. The fraction of sp³-hybridized carbons (Fsp3) is 0.467. The Morgan fingerprint density at radius 3 is 2.14 bits per heavy atom. The highest BCUT2D eigenvalue weighted by Gasteiger charge is 2.17. The van der Waals surface area contributed by atoms with E-state index in [1.165, 1.54) is 0 Å². The lowest BCUT2D eigenvalue weighted by atomic mass is 10.2. The molecular weight excluding hydrogens is 402 g/mol. The van der Waals surface area contributed by atoms with Gasteiger partial charge in [0.15, 0.2) is 0 Å². The number of halogens is 2. The first-order valence-corrected chi connectivity index (χ1v) is 8.14. The third-order valence-corrected chi connectivity index (χ3v) is 3.68. The summed E-state index contributed by atoms with van der Waals surface area (Å²) in [6, 6.07) is 3.82. The molecule has 1 rings (SSSR count). The van der Waals surface area contributed by atoms with Crippen LogP contribution in [0.1, 0.15) is 39.2 Å². The number of aryl methyl sites for hydroxylation is 1. The van der Waals surface area contributed by atoms with Crippen LogP contribution in [0.3, 0.4) is 0 Å². The molecule has 1 N–H and O–H groups in total. The van der Waals surface area contributed by atoms with E-state index in [1.54, 1.807) is 20.8 Å². The molecule has 0 fully saturated rings. The van der Waals surface area contributed by atoms with Gasteiger partial charge in [0, 0.05) is 15.4 Å². The molecule has 0 radical (unpaired) electrons. The minimum Gasteiger partial charge on any atom is -0.460 e. The highest BCUT2D eigenvalue weighted by Crippen LogP contribution is 2.32. The summed E-state index contributed by atoms with van der Waals surface area (Å²) >= 11 is 6.82. The maximum Gasteiger partial charge on any atom is 0.306 e. The summed E-state index contributed by atoms with van der Waals surface area (Å²) in [5.41, 5.74) is 1.20. The predicted molar refractivity (Wildman–Crippen MR) is 90.3 cm³/mol. The number of anilines is 1. The quantitative estimate of drug-likeness (QED) is 0.725. The van der Waals surface area contributed by atoms with Crippen molar-refractivity contribution in [3.05, 3.63) is 26.6 Å². The number of amides is 1. The van der Waals surface area contributed by atoms with Crippen LogP contribution in [0.25, 0.3) is 0 Å². The van der Waals surface area contributed by atoms with Crippen LogP contribution in [0.5, 0.6) is 0 Å². The van der Waals surface area contributed by atoms with E-state index in [0.717, 1.165) is 14.5 Å². The van der Waals surface area contributed by atoms with Crippen molar-refractivity contribution in [3.8, 4) is 0 Å². The summed E-state index contributed by atoms with van der Waals surface area (Å²) in [6.07, 6.45) is 0.145. The van der Waals surface area contributed by atoms with Crippen molar-refractivity contribution in [3.63, 3.8) is 0 Å². The third-order valence-electron chi connectivity index (χ3n) is 2.43. The van der Waals surface area contributed by atoms with E-state index < -0.39 is 5.60 Å². The lowest BCUT2D eigenvalue weighted by molar-refractivity contribution is -0.155. The highest BCUT2D eigenvalue weighted by atomic mass is 79.9. The first-order valence-electron chi connectivity index (χ1n) is 6.56. The molecule has 0 atom stereocenters. The minimum absolute atomic E-state index is 0.0597. The SMILES string of the molecule is Cc1cc(Br)c(NC(=O)CCC(=O)OC(C)(C)C)c(Br)c1. The van der Waals surface area contributed by atoms with Crippen LogP contribution in [0.15, 0.2) is 21.1 Å². The molecule has 21 heavy (non-hydrogen) atoms. The average Bonchev–Trinajstić information content (AvgIpc) is 2.29. The highest BCUT2D eigenvalue weighted by molar-refractivity contribution is 9.11. The van der Waals surface area contributed by atoms with Crippen molar-refractivity contribution >= 4 is 49.4 Å². The lowest BCUT2D eigenvalue weighted by Gasteiger charge is -2.19. The summed E-state index contributed by atoms with van der Waals surface area (Å²) in [7, 11) is 0. The van der Waals surface area contributed by atoms with Gasteiger partial charge in [-0.3, -0.25) is 9.59 Å². The van der Waals surface area contributed by atoms with Crippen LogP contribution in [0, 0.1) is 6.92 Å². The second kappa shape index (κ2) is 7.40. The van der Waals surface area contributed by atoms with Crippen molar-refractivity contribution in [2.75, 3.05) is 5.32 Å². The fourth-order valence-electron chi connectivity index (χ4n) is 1.63. The zero-order valence-electron chi connectivity index (χ0n) is 12.5. The van der Waals surface area contributed by atoms with Gasteiger partial charge in [-0.25, -0.2) is 0 Å². The summed E-state index contributed by atoms with van der Waals surface area (Å²) in [6.45, 7) is 7.35. The van der Waals surface area contributed by atoms with Gasteiger partial charge < -0.3 is 10.1 Å². The first-order chi connectivity index (χ1) is 9.58. The molecule has 4 nitrogen and oxygen atoms in total. The molecule has 0 aromatic heterocycles. The third kappa shape index (κ3) is 6.61. The maximum absolute atomic E-state index is 11.9. The normalized spacial score (nSPS) is 11.1. The smallest absolute Gasteiger partial charge is 0.306 e. The summed E-state index contributed by atoms with van der Waals surface area (Å²) in [5, 5.41) is 2.78. The Hall–Kier alpha value is -0.880. The van der Waals surface area contributed by atoms with E-state index in [4.69, 9.17) is 4.74 Å². The number of carbonyl (C=O) groups excluding carboxylic acids is 2. The average molecular weight is 421 g/mol. The number of ether oxygens (including phenoxy) is 1. The lowest BCUT2D eigenvalue weighted by Crippen LogP contribution is -2.24. The van der Waals surface area contributed by atoms with Crippen LogP contribution in [-0.2, 0) is 14.3 Å². The second-order valence-corrected chi connectivity index (χ2v) is 7.45. The van der Waals surface area contributed by atoms with Crippen molar-refractivity contribution in [2.45, 2.75) is 46.1 Å². The molecule has 0 aliphatic carbocycles. The molecule has 116 valence electrons. The minimum atomic E-state index is -0.531. The molecule has 0 bridgehead atoms. The summed E-state index contributed by atoms with van der Waals surface area (Å²) in [5.74, 6) is -0.606. The number of hydrogen-bond donors (Lipinski definition) is 1. The molecule has 6 heteroatoms. The molecule has 1 aromatic carbocycles. The first kappa shape index (κ1) is 18.2. The van der Waals surface area contributed by atoms with Gasteiger partial charge in [0.05, 0.1) is 12.1 Å². The largest absolute Gasteiger partial charge is 0.460 e. The van der Waals surface area contributed by atoms with Gasteiger partial charge >= 0.3 is 5.97 Å². The number of hydrogen-bond acceptors (Lipinski definition) is 3. The van der Waals surface area contributed by atoms with Gasteiger partial charge in [0.1, 0.15) is 5.60 Å². The van der Waals surface area contributed by atoms with Crippen molar-refractivity contribution in [1.82, 2.24) is 0 Å².